The SMILES string of the molecule is CC(C)C(OC1CCNCC1)c1ccc(C(=O)O)cc1. The van der Waals surface area contributed by atoms with Gasteiger partial charge in [-0.1, -0.05) is 26.0 Å². The fourth-order valence-electron chi connectivity index (χ4n) is 2.57. The molecule has 1 heterocycles. The monoisotopic (exact) mass is 277 g/mol. The van der Waals surface area contributed by atoms with E-state index >= 15 is 0 Å². The number of hydrogen-bond acceptors (Lipinski definition) is 3. The molecule has 4 nitrogen and oxygen atoms in total. The summed E-state index contributed by atoms with van der Waals surface area (Å²) in [4.78, 5) is 10.9. The maximum atomic E-state index is 10.9. The fourth-order valence-corrected chi connectivity index (χ4v) is 2.57. The molecule has 2 rings (SSSR count). The number of piperidine rings is 1. The first-order valence-corrected chi connectivity index (χ1v) is 7.27. The van der Waals surface area contributed by atoms with Gasteiger partial charge in [0.1, 0.15) is 0 Å². The third kappa shape index (κ3) is 3.81. The van der Waals surface area contributed by atoms with Crippen molar-refractivity contribution in [3.8, 4) is 0 Å². The van der Waals surface area contributed by atoms with E-state index in [4.69, 9.17) is 9.84 Å². The molecular weight excluding hydrogens is 254 g/mol. The molecule has 1 aromatic rings. The molecule has 1 aliphatic rings. The van der Waals surface area contributed by atoms with Gasteiger partial charge in [0.05, 0.1) is 17.8 Å². The predicted molar refractivity (Wildman–Crippen MR) is 78.0 cm³/mol. The minimum Gasteiger partial charge on any atom is -0.478 e. The van der Waals surface area contributed by atoms with Gasteiger partial charge in [-0.15, -0.1) is 0 Å². The van der Waals surface area contributed by atoms with Gasteiger partial charge < -0.3 is 15.2 Å². The molecule has 20 heavy (non-hydrogen) atoms. The van der Waals surface area contributed by atoms with Gasteiger partial charge in [0.2, 0.25) is 0 Å². The van der Waals surface area contributed by atoms with Crippen molar-refractivity contribution in [2.75, 3.05) is 13.1 Å². The maximum Gasteiger partial charge on any atom is 0.335 e. The number of carbonyl (C=O) groups is 1. The third-order valence-corrected chi connectivity index (χ3v) is 3.72. The van der Waals surface area contributed by atoms with Crippen LogP contribution in [0.15, 0.2) is 24.3 Å². The Morgan fingerprint density at radius 3 is 2.35 bits per heavy atom. The topological polar surface area (TPSA) is 58.6 Å². The fraction of sp³-hybridized carbons (Fsp3) is 0.562. The molecule has 0 spiro atoms. The molecule has 1 fully saturated rings. The Kier molecular flexibility index (Phi) is 5.15. The van der Waals surface area contributed by atoms with Crippen molar-refractivity contribution in [1.82, 2.24) is 5.32 Å². The summed E-state index contributed by atoms with van der Waals surface area (Å²) in [6.45, 7) is 6.29. The molecule has 0 saturated carbocycles. The summed E-state index contributed by atoms with van der Waals surface area (Å²) in [5, 5.41) is 12.3. The highest BCUT2D eigenvalue weighted by atomic mass is 16.5. The minimum atomic E-state index is -0.892. The van der Waals surface area contributed by atoms with Crippen molar-refractivity contribution >= 4 is 5.97 Å². The lowest BCUT2D eigenvalue weighted by molar-refractivity contribution is -0.0499. The van der Waals surface area contributed by atoms with E-state index < -0.39 is 5.97 Å². The first-order valence-electron chi connectivity index (χ1n) is 7.27. The van der Waals surface area contributed by atoms with Crippen LogP contribution >= 0.6 is 0 Å². The number of carboxylic acids is 1. The molecule has 1 atom stereocenters. The van der Waals surface area contributed by atoms with Crippen LogP contribution in [0.2, 0.25) is 0 Å². The lowest BCUT2D eigenvalue weighted by Gasteiger charge is -2.30. The second-order valence-electron chi connectivity index (χ2n) is 5.68. The number of carboxylic acid groups (broad SMARTS) is 1. The summed E-state index contributed by atoms with van der Waals surface area (Å²) in [5.74, 6) is -0.530. The number of benzene rings is 1. The van der Waals surface area contributed by atoms with Gasteiger partial charge >= 0.3 is 5.97 Å². The van der Waals surface area contributed by atoms with Crippen molar-refractivity contribution in [3.05, 3.63) is 35.4 Å². The van der Waals surface area contributed by atoms with E-state index in [0.29, 0.717) is 17.6 Å². The van der Waals surface area contributed by atoms with E-state index in [1.807, 2.05) is 12.1 Å². The molecule has 2 N–H and O–H groups in total. The molecule has 1 aromatic carbocycles. The second-order valence-corrected chi connectivity index (χ2v) is 5.68. The van der Waals surface area contributed by atoms with E-state index in [1.54, 1.807) is 12.1 Å². The highest BCUT2D eigenvalue weighted by molar-refractivity contribution is 5.87. The number of rotatable bonds is 5. The van der Waals surface area contributed by atoms with E-state index in [-0.39, 0.29) is 6.10 Å². The lowest BCUT2D eigenvalue weighted by Crippen LogP contribution is -2.34. The number of aromatic carboxylic acids is 1. The smallest absolute Gasteiger partial charge is 0.335 e. The van der Waals surface area contributed by atoms with Crippen LogP contribution in [0.3, 0.4) is 0 Å². The van der Waals surface area contributed by atoms with Crippen LogP contribution in [0.1, 0.15) is 48.7 Å². The van der Waals surface area contributed by atoms with Gasteiger partial charge in [-0.25, -0.2) is 4.79 Å². The molecule has 0 bridgehead atoms. The number of hydrogen-bond donors (Lipinski definition) is 2. The van der Waals surface area contributed by atoms with Gasteiger partial charge in [0.15, 0.2) is 0 Å². The summed E-state index contributed by atoms with van der Waals surface area (Å²) in [6, 6.07) is 7.04. The Bertz CT molecular complexity index is 436. The van der Waals surface area contributed by atoms with Crippen LogP contribution in [0.25, 0.3) is 0 Å². The average Bonchev–Trinajstić information content (AvgIpc) is 2.45. The Balaban J connectivity index is 2.09. The average molecular weight is 277 g/mol. The van der Waals surface area contributed by atoms with Crippen LogP contribution in [0, 0.1) is 5.92 Å². The van der Waals surface area contributed by atoms with Crippen molar-refractivity contribution < 1.29 is 14.6 Å². The molecule has 0 aliphatic carbocycles. The molecule has 4 heteroatoms. The molecule has 1 aliphatic heterocycles. The number of nitrogens with one attached hydrogen (secondary N) is 1. The zero-order valence-electron chi connectivity index (χ0n) is 12.1. The van der Waals surface area contributed by atoms with Gasteiger partial charge in [-0.3, -0.25) is 0 Å². The quantitative estimate of drug-likeness (QED) is 0.869. The summed E-state index contributed by atoms with van der Waals surface area (Å²) in [7, 11) is 0. The summed E-state index contributed by atoms with van der Waals surface area (Å²) >= 11 is 0. The predicted octanol–water partition coefficient (Wildman–Crippen LogP) is 2.85. The largest absolute Gasteiger partial charge is 0.478 e. The van der Waals surface area contributed by atoms with Gasteiger partial charge in [0, 0.05) is 0 Å². The van der Waals surface area contributed by atoms with E-state index in [0.717, 1.165) is 31.5 Å². The Morgan fingerprint density at radius 1 is 1.25 bits per heavy atom. The van der Waals surface area contributed by atoms with Crippen molar-refractivity contribution in [2.45, 2.75) is 38.9 Å². The Hall–Kier alpha value is -1.39. The summed E-state index contributed by atoms with van der Waals surface area (Å²) < 4.78 is 6.25. The van der Waals surface area contributed by atoms with Gasteiger partial charge in [-0.05, 0) is 49.5 Å². The first-order chi connectivity index (χ1) is 9.58. The first kappa shape index (κ1) is 15.0. The van der Waals surface area contributed by atoms with Crippen LogP contribution in [0.5, 0.6) is 0 Å². The van der Waals surface area contributed by atoms with Crippen molar-refractivity contribution in [1.29, 1.82) is 0 Å². The van der Waals surface area contributed by atoms with Gasteiger partial charge in [0.25, 0.3) is 0 Å². The van der Waals surface area contributed by atoms with E-state index in [2.05, 4.69) is 19.2 Å². The summed E-state index contributed by atoms with van der Waals surface area (Å²) in [5.41, 5.74) is 1.38. The van der Waals surface area contributed by atoms with Crippen molar-refractivity contribution in [2.24, 2.45) is 5.92 Å². The Morgan fingerprint density at radius 2 is 1.85 bits per heavy atom. The third-order valence-electron chi connectivity index (χ3n) is 3.72. The second kappa shape index (κ2) is 6.86. The van der Waals surface area contributed by atoms with Crippen LogP contribution in [-0.2, 0) is 4.74 Å². The molecular formula is C16H23NO3. The zero-order chi connectivity index (χ0) is 14.5. The molecule has 1 saturated heterocycles. The molecule has 110 valence electrons. The molecule has 0 radical (unpaired) electrons. The maximum absolute atomic E-state index is 10.9. The molecule has 1 unspecified atom stereocenters. The molecule has 0 aromatic heterocycles. The zero-order valence-corrected chi connectivity index (χ0v) is 12.1. The highest BCUT2D eigenvalue weighted by Crippen LogP contribution is 2.29. The highest BCUT2D eigenvalue weighted by Gasteiger charge is 2.23. The van der Waals surface area contributed by atoms with Crippen LogP contribution in [-0.4, -0.2) is 30.3 Å². The minimum absolute atomic E-state index is 0.0287. The standard InChI is InChI=1S/C16H23NO3/c1-11(2)15(20-14-7-9-17-10-8-14)12-3-5-13(6-4-12)16(18)19/h3-6,11,14-15,17H,7-10H2,1-2H3,(H,18,19). The van der Waals surface area contributed by atoms with E-state index in [9.17, 15) is 4.79 Å². The normalized spacial score (nSPS) is 18.1. The number of ether oxygens (including phenoxy) is 1. The molecule has 0 amide bonds. The van der Waals surface area contributed by atoms with Gasteiger partial charge in [-0.2, -0.15) is 0 Å². The van der Waals surface area contributed by atoms with Crippen LogP contribution < -0.4 is 5.32 Å². The van der Waals surface area contributed by atoms with Crippen molar-refractivity contribution in [3.63, 3.8) is 0 Å². The van der Waals surface area contributed by atoms with E-state index in [1.165, 1.54) is 0 Å². The Labute approximate surface area is 120 Å². The van der Waals surface area contributed by atoms with Crippen LogP contribution in [0.4, 0.5) is 0 Å². The lowest BCUT2D eigenvalue weighted by atomic mass is 9.97. The summed E-state index contributed by atoms with van der Waals surface area (Å²) in [6.07, 6.45) is 2.40.